The van der Waals surface area contributed by atoms with E-state index in [1.165, 1.54) is 5.56 Å². The molecule has 0 fully saturated rings. The van der Waals surface area contributed by atoms with E-state index in [-0.39, 0.29) is 6.04 Å². The predicted molar refractivity (Wildman–Crippen MR) is 82.9 cm³/mol. The van der Waals surface area contributed by atoms with Gasteiger partial charge in [0.2, 0.25) is 0 Å². The number of benzene rings is 1. The molecule has 0 radical (unpaired) electrons. The summed E-state index contributed by atoms with van der Waals surface area (Å²) in [5.74, 6) is 0.545. The van der Waals surface area contributed by atoms with Crippen molar-refractivity contribution in [3.8, 4) is 0 Å². The first-order chi connectivity index (χ1) is 8.40. The summed E-state index contributed by atoms with van der Waals surface area (Å²) in [7, 11) is 2.12. The highest BCUT2D eigenvalue weighted by Crippen LogP contribution is 2.23. The molecular weight excluding hydrogens is 312 g/mol. The lowest BCUT2D eigenvalue weighted by atomic mass is 10.0. The van der Waals surface area contributed by atoms with Crippen LogP contribution in [0.3, 0.4) is 0 Å². The molecule has 2 nitrogen and oxygen atoms in total. The Kier molecular flexibility index (Phi) is 6.64. The van der Waals surface area contributed by atoms with E-state index in [4.69, 9.17) is 17.3 Å². The van der Waals surface area contributed by atoms with E-state index in [1.54, 1.807) is 0 Å². The molecule has 1 atom stereocenters. The van der Waals surface area contributed by atoms with Crippen LogP contribution in [0, 0.1) is 5.92 Å². The van der Waals surface area contributed by atoms with Gasteiger partial charge in [0.15, 0.2) is 0 Å². The molecule has 0 amide bonds. The van der Waals surface area contributed by atoms with Crippen molar-refractivity contribution >= 4 is 27.5 Å². The standard InChI is InChI=1S/C14H22BrClN2/c1-10(2)14(17)6-7-18(3)9-11-4-5-13(16)12(15)8-11/h4-5,8,10,14H,6-7,9,17H2,1-3H3. The molecule has 0 saturated heterocycles. The lowest BCUT2D eigenvalue weighted by Crippen LogP contribution is -2.31. The zero-order chi connectivity index (χ0) is 13.7. The Bertz CT molecular complexity index is 382. The minimum absolute atomic E-state index is 0.282. The van der Waals surface area contributed by atoms with E-state index >= 15 is 0 Å². The minimum atomic E-state index is 0.282. The Labute approximate surface area is 124 Å². The number of nitrogens with two attached hydrogens (primary N) is 1. The predicted octanol–water partition coefficient (Wildman–Crippen LogP) is 3.91. The summed E-state index contributed by atoms with van der Waals surface area (Å²) in [6, 6.07) is 6.34. The lowest BCUT2D eigenvalue weighted by molar-refractivity contribution is 0.296. The first kappa shape index (κ1) is 16.0. The minimum Gasteiger partial charge on any atom is -0.327 e. The summed E-state index contributed by atoms with van der Waals surface area (Å²) in [6.45, 7) is 6.27. The van der Waals surface area contributed by atoms with Gasteiger partial charge in [-0.25, -0.2) is 0 Å². The normalized spacial score (nSPS) is 13.3. The molecule has 0 aliphatic heterocycles. The fourth-order valence-electron chi connectivity index (χ4n) is 1.73. The third-order valence-corrected chi connectivity index (χ3v) is 4.35. The number of hydrogen-bond acceptors (Lipinski definition) is 2. The van der Waals surface area contributed by atoms with E-state index in [1.807, 2.05) is 6.07 Å². The largest absolute Gasteiger partial charge is 0.327 e. The van der Waals surface area contributed by atoms with Gasteiger partial charge in [-0.1, -0.05) is 31.5 Å². The Morgan fingerprint density at radius 1 is 1.39 bits per heavy atom. The second-order valence-electron chi connectivity index (χ2n) is 5.18. The molecule has 102 valence electrons. The van der Waals surface area contributed by atoms with E-state index in [9.17, 15) is 0 Å². The molecule has 1 aromatic carbocycles. The molecule has 18 heavy (non-hydrogen) atoms. The number of halogens is 2. The molecule has 1 unspecified atom stereocenters. The smallest absolute Gasteiger partial charge is 0.0548 e. The van der Waals surface area contributed by atoms with Gasteiger partial charge in [0.1, 0.15) is 0 Å². The Balaban J connectivity index is 2.44. The summed E-state index contributed by atoms with van der Waals surface area (Å²) >= 11 is 9.42. The highest BCUT2D eigenvalue weighted by molar-refractivity contribution is 9.10. The van der Waals surface area contributed by atoms with Crippen molar-refractivity contribution in [1.29, 1.82) is 0 Å². The van der Waals surface area contributed by atoms with Crippen molar-refractivity contribution < 1.29 is 0 Å². The first-order valence-electron chi connectivity index (χ1n) is 6.28. The fourth-order valence-corrected chi connectivity index (χ4v) is 2.28. The van der Waals surface area contributed by atoms with Crippen molar-refractivity contribution in [2.24, 2.45) is 11.7 Å². The zero-order valence-corrected chi connectivity index (χ0v) is 13.6. The Morgan fingerprint density at radius 2 is 2.06 bits per heavy atom. The van der Waals surface area contributed by atoms with Crippen LogP contribution < -0.4 is 5.73 Å². The van der Waals surface area contributed by atoms with Gasteiger partial charge in [-0.3, -0.25) is 0 Å². The van der Waals surface area contributed by atoms with Gasteiger partial charge < -0.3 is 10.6 Å². The number of rotatable bonds is 6. The van der Waals surface area contributed by atoms with Crippen LogP contribution in [0.2, 0.25) is 5.02 Å². The van der Waals surface area contributed by atoms with Crippen molar-refractivity contribution in [2.45, 2.75) is 32.9 Å². The van der Waals surface area contributed by atoms with Crippen LogP contribution in [0.4, 0.5) is 0 Å². The highest BCUT2D eigenvalue weighted by Gasteiger charge is 2.09. The number of hydrogen-bond donors (Lipinski definition) is 1. The highest BCUT2D eigenvalue weighted by atomic mass is 79.9. The average molecular weight is 334 g/mol. The van der Waals surface area contributed by atoms with E-state index < -0.39 is 0 Å². The second-order valence-corrected chi connectivity index (χ2v) is 6.44. The van der Waals surface area contributed by atoms with Gasteiger partial charge in [-0.15, -0.1) is 0 Å². The van der Waals surface area contributed by atoms with Gasteiger partial charge in [-0.2, -0.15) is 0 Å². The fraction of sp³-hybridized carbons (Fsp3) is 0.571. The molecule has 4 heteroatoms. The maximum atomic E-state index is 6.05. The van der Waals surface area contributed by atoms with Crippen LogP contribution in [0.5, 0.6) is 0 Å². The van der Waals surface area contributed by atoms with Gasteiger partial charge in [-0.05, 0) is 59.6 Å². The maximum Gasteiger partial charge on any atom is 0.0548 e. The molecule has 0 heterocycles. The van der Waals surface area contributed by atoms with E-state index in [0.29, 0.717) is 5.92 Å². The molecule has 0 aromatic heterocycles. The van der Waals surface area contributed by atoms with Crippen LogP contribution >= 0.6 is 27.5 Å². The van der Waals surface area contributed by atoms with Crippen molar-refractivity contribution in [3.05, 3.63) is 33.3 Å². The monoisotopic (exact) mass is 332 g/mol. The summed E-state index contributed by atoms with van der Waals surface area (Å²) < 4.78 is 0.953. The maximum absolute atomic E-state index is 6.05. The Hall–Kier alpha value is -0.0900. The molecule has 0 saturated carbocycles. The Morgan fingerprint density at radius 3 is 2.61 bits per heavy atom. The van der Waals surface area contributed by atoms with Crippen molar-refractivity contribution in [1.82, 2.24) is 4.90 Å². The van der Waals surface area contributed by atoms with Gasteiger partial charge in [0.05, 0.1) is 5.02 Å². The SMILES string of the molecule is CC(C)C(N)CCN(C)Cc1ccc(Cl)c(Br)c1. The number of nitrogens with zero attached hydrogens (tertiary/aromatic N) is 1. The summed E-state index contributed by atoms with van der Waals surface area (Å²) in [5, 5.41) is 0.753. The zero-order valence-electron chi connectivity index (χ0n) is 11.3. The molecule has 2 N–H and O–H groups in total. The molecule has 0 aliphatic carbocycles. The summed E-state index contributed by atoms with van der Waals surface area (Å²) in [5.41, 5.74) is 7.31. The molecule has 0 bridgehead atoms. The quantitative estimate of drug-likeness (QED) is 0.855. The third kappa shape index (κ3) is 5.27. The molecular formula is C14H22BrClN2. The average Bonchev–Trinajstić information content (AvgIpc) is 2.30. The van der Waals surface area contributed by atoms with E-state index in [2.05, 4.69) is 53.9 Å². The molecule has 0 aliphatic rings. The molecule has 1 rings (SSSR count). The van der Waals surface area contributed by atoms with Crippen molar-refractivity contribution in [3.63, 3.8) is 0 Å². The molecule has 1 aromatic rings. The van der Waals surface area contributed by atoms with Crippen LogP contribution in [0.15, 0.2) is 22.7 Å². The summed E-state index contributed by atoms with van der Waals surface area (Å²) in [6.07, 6.45) is 1.03. The van der Waals surface area contributed by atoms with Crippen LogP contribution in [-0.2, 0) is 6.54 Å². The molecule has 0 spiro atoms. The third-order valence-electron chi connectivity index (χ3n) is 3.14. The van der Waals surface area contributed by atoms with Gasteiger partial charge >= 0.3 is 0 Å². The van der Waals surface area contributed by atoms with Crippen molar-refractivity contribution in [2.75, 3.05) is 13.6 Å². The lowest BCUT2D eigenvalue weighted by Gasteiger charge is -2.21. The second kappa shape index (κ2) is 7.49. The van der Waals surface area contributed by atoms with Gasteiger partial charge in [0.25, 0.3) is 0 Å². The van der Waals surface area contributed by atoms with Crippen LogP contribution in [0.1, 0.15) is 25.8 Å². The summed E-state index contributed by atoms with van der Waals surface area (Å²) in [4.78, 5) is 2.29. The van der Waals surface area contributed by atoms with E-state index in [0.717, 1.165) is 29.0 Å². The van der Waals surface area contributed by atoms with Gasteiger partial charge in [0, 0.05) is 17.1 Å². The van der Waals surface area contributed by atoms with Crippen LogP contribution in [-0.4, -0.2) is 24.5 Å². The topological polar surface area (TPSA) is 29.3 Å². The van der Waals surface area contributed by atoms with Crippen LogP contribution in [0.25, 0.3) is 0 Å². The first-order valence-corrected chi connectivity index (χ1v) is 7.45.